The van der Waals surface area contributed by atoms with Crippen molar-refractivity contribution in [1.29, 1.82) is 0 Å². The van der Waals surface area contributed by atoms with Crippen molar-refractivity contribution in [3.05, 3.63) is 69.5 Å². The first-order chi connectivity index (χ1) is 15.2. The molecule has 0 saturated heterocycles. The lowest BCUT2D eigenvalue weighted by Crippen LogP contribution is -2.51. The van der Waals surface area contributed by atoms with Crippen LogP contribution in [0.2, 0.25) is 10.0 Å². The van der Waals surface area contributed by atoms with Crippen molar-refractivity contribution in [2.24, 2.45) is 0 Å². The molecule has 0 spiro atoms. The summed E-state index contributed by atoms with van der Waals surface area (Å²) in [6.45, 7) is 6.08. The molecule has 2 atom stereocenters. The highest BCUT2D eigenvalue weighted by atomic mass is 35.5. The second-order valence-corrected chi connectivity index (χ2v) is 9.43. The minimum absolute atomic E-state index is 0.0197. The van der Waals surface area contributed by atoms with Gasteiger partial charge in [0, 0.05) is 18.3 Å². The van der Waals surface area contributed by atoms with Gasteiger partial charge in [-0.3, -0.25) is 9.59 Å². The average Bonchev–Trinajstić information content (AvgIpc) is 2.77. The third-order valence-corrected chi connectivity index (χ3v) is 6.86. The monoisotopic (exact) mass is 498 g/mol. The second kappa shape index (κ2) is 13.1. The Labute approximate surface area is 203 Å². The zero-order chi connectivity index (χ0) is 23.7. The molecule has 0 saturated carbocycles. The molecular formula is C24H29Cl2FN2O2S. The van der Waals surface area contributed by atoms with Gasteiger partial charge in [0.1, 0.15) is 11.9 Å². The number of benzene rings is 2. The molecule has 1 N–H and O–H groups in total. The lowest BCUT2D eigenvalue weighted by Gasteiger charge is -2.31. The van der Waals surface area contributed by atoms with Crippen molar-refractivity contribution in [2.45, 2.75) is 58.0 Å². The summed E-state index contributed by atoms with van der Waals surface area (Å²) in [4.78, 5) is 27.7. The van der Waals surface area contributed by atoms with Gasteiger partial charge in [0.15, 0.2) is 0 Å². The molecule has 0 bridgehead atoms. The molecule has 0 fully saturated rings. The zero-order valence-electron chi connectivity index (χ0n) is 18.5. The van der Waals surface area contributed by atoms with E-state index < -0.39 is 6.04 Å². The van der Waals surface area contributed by atoms with E-state index in [0.29, 0.717) is 22.2 Å². The van der Waals surface area contributed by atoms with Crippen LogP contribution in [0.4, 0.5) is 4.39 Å². The van der Waals surface area contributed by atoms with Gasteiger partial charge in [-0.05, 0) is 55.2 Å². The van der Waals surface area contributed by atoms with Gasteiger partial charge in [-0.15, -0.1) is 11.8 Å². The summed E-state index contributed by atoms with van der Waals surface area (Å²) in [6.07, 6.45) is 1.29. The minimum atomic E-state index is -0.600. The first kappa shape index (κ1) is 26.5. The van der Waals surface area contributed by atoms with Crippen molar-refractivity contribution in [1.82, 2.24) is 10.2 Å². The molecule has 0 aliphatic carbocycles. The molecule has 0 unspecified atom stereocenters. The molecule has 2 amide bonds. The number of carbonyl (C=O) groups is 2. The van der Waals surface area contributed by atoms with Gasteiger partial charge in [0.05, 0.1) is 15.8 Å². The van der Waals surface area contributed by atoms with Gasteiger partial charge >= 0.3 is 0 Å². The maximum Gasteiger partial charge on any atom is 0.243 e. The van der Waals surface area contributed by atoms with Crippen molar-refractivity contribution < 1.29 is 14.0 Å². The number of rotatable bonds is 11. The van der Waals surface area contributed by atoms with Gasteiger partial charge in [-0.1, -0.05) is 55.2 Å². The predicted molar refractivity (Wildman–Crippen MR) is 132 cm³/mol. The van der Waals surface area contributed by atoms with E-state index >= 15 is 0 Å². The molecule has 2 rings (SSSR count). The van der Waals surface area contributed by atoms with Gasteiger partial charge in [0.2, 0.25) is 11.8 Å². The molecule has 0 aliphatic heterocycles. The Bertz CT molecular complexity index is 911. The van der Waals surface area contributed by atoms with Crippen LogP contribution in [-0.4, -0.2) is 34.6 Å². The van der Waals surface area contributed by atoms with Crippen LogP contribution < -0.4 is 5.32 Å². The summed E-state index contributed by atoms with van der Waals surface area (Å²) in [5, 5.41) is 3.82. The first-order valence-corrected chi connectivity index (χ1v) is 12.5. The maximum absolute atomic E-state index is 13.2. The highest BCUT2D eigenvalue weighted by molar-refractivity contribution is 7.99. The number of hydrogen-bond acceptors (Lipinski definition) is 3. The molecule has 4 nitrogen and oxygen atoms in total. The van der Waals surface area contributed by atoms with Gasteiger partial charge in [0.25, 0.3) is 0 Å². The minimum Gasteiger partial charge on any atom is -0.352 e. The molecule has 2 aromatic carbocycles. The Morgan fingerprint density at radius 3 is 2.28 bits per heavy atom. The Balaban J connectivity index is 2.16. The molecule has 174 valence electrons. The van der Waals surface area contributed by atoms with E-state index in [4.69, 9.17) is 23.2 Å². The fourth-order valence-electron chi connectivity index (χ4n) is 3.12. The Hall–Kier alpha value is -1.76. The summed E-state index contributed by atoms with van der Waals surface area (Å²) in [5.41, 5.74) is 1.73. The van der Waals surface area contributed by atoms with Crippen molar-refractivity contribution in [2.75, 3.05) is 5.75 Å². The number of nitrogens with zero attached hydrogens (tertiary/aromatic N) is 1. The zero-order valence-corrected chi connectivity index (χ0v) is 20.9. The SMILES string of the molecule is CC[C@H](C(=O)N[C@@H](C)CC)N(Cc1ccc(Cl)c(Cl)c1)C(=O)CSCc1ccc(F)cc1. The van der Waals surface area contributed by atoms with Crippen molar-refractivity contribution in [3.63, 3.8) is 0 Å². The third kappa shape index (κ3) is 7.98. The fourth-order valence-corrected chi connectivity index (χ4v) is 4.31. The lowest BCUT2D eigenvalue weighted by atomic mass is 10.1. The average molecular weight is 499 g/mol. The number of carbonyl (C=O) groups excluding carboxylic acids is 2. The Morgan fingerprint density at radius 2 is 1.69 bits per heavy atom. The van der Waals surface area contributed by atoms with Crippen LogP contribution in [0.5, 0.6) is 0 Å². The Morgan fingerprint density at radius 1 is 1.03 bits per heavy atom. The van der Waals surface area contributed by atoms with Crippen LogP contribution in [0, 0.1) is 5.82 Å². The molecule has 0 aromatic heterocycles. The van der Waals surface area contributed by atoms with Gasteiger partial charge in [-0.2, -0.15) is 0 Å². The number of thioether (sulfide) groups is 1. The maximum atomic E-state index is 13.2. The largest absolute Gasteiger partial charge is 0.352 e. The number of hydrogen-bond donors (Lipinski definition) is 1. The predicted octanol–water partition coefficient (Wildman–Crippen LogP) is 6.09. The normalized spacial score (nSPS) is 12.8. The highest BCUT2D eigenvalue weighted by Crippen LogP contribution is 2.24. The summed E-state index contributed by atoms with van der Waals surface area (Å²) in [5.74, 6) is 0.169. The summed E-state index contributed by atoms with van der Waals surface area (Å²) in [6, 6.07) is 10.8. The van der Waals surface area contributed by atoms with Crippen LogP contribution in [0.1, 0.15) is 44.7 Å². The van der Waals surface area contributed by atoms with E-state index in [9.17, 15) is 14.0 Å². The molecule has 0 heterocycles. The van der Waals surface area contributed by atoms with Crippen LogP contribution in [-0.2, 0) is 21.9 Å². The molecule has 8 heteroatoms. The van der Waals surface area contributed by atoms with Crippen LogP contribution in [0.25, 0.3) is 0 Å². The van der Waals surface area contributed by atoms with Crippen LogP contribution in [0.3, 0.4) is 0 Å². The summed E-state index contributed by atoms with van der Waals surface area (Å²) in [7, 11) is 0. The van der Waals surface area contributed by atoms with Crippen LogP contribution in [0.15, 0.2) is 42.5 Å². The highest BCUT2D eigenvalue weighted by Gasteiger charge is 2.29. The van der Waals surface area contributed by atoms with Crippen LogP contribution >= 0.6 is 35.0 Å². The third-order valence-electron chi connectivity index (χ3n) is 5.13. The molecule has 32 heavy (non-hydrogen) atoms. The van der Waals surface area contributed by atoms with Crippen molar-refractivity contribution in [3.8, 4) is 0 Å². The topological polar surface area (TPSA) is 49.4 Å². The van der Waals surface area contributed by atoms with E-state index in [0.717, 1.165) is 17.5 Å². The second-order valence-electron chi connectivity index (χ2n) is 7.63. The van der Waals surface area contributed by atoms with Gasteiger partial charge in [-0.25, -0.2) is 4.39 Å². The van der Waals surface area contributed by atoms with Crippen molar-refractivity contribution >= 4 is 46.8 Å². The molecule has 0 radical (unpaired) electrons. The summed E-state index contributed by atoms with van der Waals surface area (Å²) < 4.78 is 13.1. The standard InChI is InChI=1S/C24H29Cl2FN2O2S/c1-4-16(3)28-24(31)22(5-2)29(13-18-8-11-20(25)21(26)12-18)23(30)15-32-14-17-6-9-19(27)10-7-17/h6-12,16,22H,4-5,13-15H2,1-3H3,(H,28,31)/t16-,22+/m0/s1. The van der Waals surface area contributed by atoms with E-state index in [1.807, 2.05) is 20.8 Å². The van der Waals surface area contributed by atoms with Gasteiger partial charge < -0.3 is 10.2 Å². The van der Waals surface area contributed by atoms with E-state index in [1.54, 1.807) is 35.2 Å². The Kier molecular flexibility index (Phi) is 10.8. The number of halogens is 3. The summed E-state index contributed by atoms with van der Waals surface area (Å²) >= 11 is 13.6. The lowest BCUT2D eigenvalue weighted by molar-refractivity contribution is -0.139. The number of amides is 2. The van der Waals surface area contributed by atoms with E-state index in [1.165, 1.54) is 23.9 Å². The molecule has 0 aliphatic rings. The van der Waals surface area contributed by atoms with E-state index in [2.05, 4.69) is 5.32 Å². The van der Waals surface area contributed by atoms with E-state index in [-0.39, 0.29) is 36.0 Å². The number of nitrogens with one attached hydrogen (secondary N) is 1. The molecular weight excluding hydrogens is 470 g/mol. The smallest absolute Gasteiger partial charge is 0.243 e. The first-order valence-electron chi connectivity index (χ1n) is 10.6. The quantitative estimate of drug-likeness (QED) is 0.407. The molecule has 2 aromatic rings. The fraction of sp³-hybridized carbons (Fsp3) is 0.417.